The number of anilines is 1. The molecular weight excluding hydrogens is 909 g/mol. The highest BCUT2D eigenvalue weighted by molar-refractivity contribution is 6.23. The SMILES string of the molecule is COCCOC(=O)N1C(=O)[C@@]2(c3cc(C#CCCO)ccc31)[C@H](C(=O)N1CCN(Cc3ccc4c(c3)OCO4)CC1)[C@H]1C(=O)O[C@H](c3ccccc3)[C@H](c3ccccc3)N1[C@@H]2c1ccccc1OCCO. The number of imide groups is 1. The predicted octanol–water partition coefficient (Wildman–Crippen LogP) is 5.31. The average Bonchev–Trinajstić information content (AvgIpc) is 4.07. The minimum Gasteiger partial charge on any atom is -0.491 e. The van der Waals surface area contributed by atoms with Crippen LogP contribution in [0.4, 0.5) is 10.5 Å². The third-order valence-electron chi connectivity index (χ3n) is 14.0. The number of cyclic esters (lactones) is 1. The topological polar surface area (TPSA) is 177 Å². The molecule has 366 valence electrons. The van der Waals surface area contributed by atoms with Crippen LogP contribution in [0.15, 0.2) is 121 Å². The summed E-state index contributed by atoms with van der Waals surface area (Å²) in [5.74, 6) is 4.24. The van der Waals surface area contributed by atoms with Gasteiger partial charge in [-0.05, 0) is 58.7 Å². The van der Waals surface area contributed by atoms with Crippen LogP contribution in [0.2, 0.25) is 0 Å². The first-order valence-electron chi connectivity index (χ1n) is 23.8. The number of rotatable bonds is 13. The third kappa shape index (κ3) is 8.63. The van der Waals surface area contributed by atoms with E-state index in [-0.39, 0.29) is 70.6 Å². The van der Waals surface area contributed by atoms with Gasteiger partial charge in [0.2, 0.25) is 18.6 Å². The highest BCUT2D eigenvalue weighted by Crippen LogP contribution is 2.67. The lowest BCUT2D eigenvalue weighted by Crippen LogP contribution is -2.59. The number of benzene rings is 5. The lowest BCUT2D eigenvalue weighted by Gasteiger charge is -2.46. The maximum absolute atomic E-state index is 16.6. The van der Waals surface area contributed by atoms with E-state index >= 15 is 14.4 Å². The van der Waals surface area contributed by atoms with Gasteiger partial charge in [-0.1, -0.05) is 96.8 Å². The number of carbonyl (C=O) groups excluding carboxylic acids is 4. The summed E-state index contributed by atoms with van der Waals surface area (Å²) in [5.41, 5.74) is 1.66. The van der Waals surface area contributed by atoms with E-state index in [0.29, 0.717) is 53.6 Å². The minimum atomic E-state index is -2.08. The van der Waals surface area contributed by atoms with Crippen molar-refractivity contribution in [2.45, 2.75) is 42.6 Å². The van der Waals surface area contributed by atoms with E-state index in [9.17, 15) is 15.0 Å². The lowest BCUT2D eigenvalue weighted by atomic mass is 9.64. The number of hydrogen-bond acceptors (Lipinski definition) is 14. The first-order valence-corrected chi connectivity index (χ1v) is 23.8. The molecule has 0 saturated carbocycles. The van der Waals surface area contributed by atoms with Gasteiger partial charge >= 0.3 is 12.1 Å². The molecule has 6 atom stereocenters. The molecule has 0 aliphatic carbocycles. The molecule has 2 N–H and O–H groups in total. The predicted molar refractivity (Wildman–Crippen MR) is 257 cm³/mol. The molecule has 0 aromatic heterocycles. The molecule has 3 fully saturated rings. The lowest BCUT2D eigenvalue weighted by molar-refractivity contribution is -0.179. The zero-order chi connectivity index (χ0) is 49.1. The van der Waals surface area contributed by atoms with Crippen LogP contribution in [-0.2, 0) is 40.6 Å². The molecular formula is C55H54N4O12. The summed E-state index contributed by atoms with van der Waals surface area (Å²) in [6.07, 6.45) is -1.77. The van der Waals surface area contributed by atoms with E-state index in [0.717, 1.165) is 16.0 Å². The Hall–Kier alpha value is -7.26. The Labute approximate surface area is 411 Å². The van der Waals surface area contributed by atoms with Crippen LogP contribution in [0.25, 0.3) is 0 Å². The molecule has 16 heteroatoms. The Morgan fingerprint density at radius 1 is 0.775 bits per heavy atom. The number of amides is 3. The summed E-state index contributed by atoms with van der Waals surface area (Å²) in [7, 11) is 1.46. The van der Waals surface area contributed by atoms with E-state index in [2.05, 4.69) is 16.7 Å². The number of methoxy groups -OCH3 is 1. The Morgan fingerprint density at radius 2 is 1.51 bits per heavy atom. The largest absolute Gasteiger partial charge is 0.491 e. The fraction of sp³-hybridized carbons (Fsp3) is 0.345. The second kappa shape index (κ2) is 20.6. The third-order valence-corrected chi connectivity index (χ3v) is 14.0. The molecule has 71 heavy (non-hydrogen) atoms. The normalized spacial score (nSPS) is 23.5. The zero-order valence-corrected chi connectivity index (χ0v) is 39.2. The van der Waals surface area contributed by atoms with Crippen molar-refractivity contribution >= 4 is 29.6 Å². The molecule has 5 heterocycles. The van der Waals surface area contributed by atoms with Crippen LogP contribution in [0.5, 0.6) is 17.2 Å². The average molecular weight is 963 g/mol. The van der Waals surface area contributed by atoms with Gasteiger partial charge in [-0.3, -0.25) is 24.2 Å². The maximum Gasteiger partial charge on any atom is 0.421 e. The van der Waals surface area contributed by atoms with Crippen molar-refractivity contribution in [1.82, 2.24) is 14.7 Å². The first kappa shape index (κ1) is 47.4. The summed E-state index contributed by atoms with van der Waals surface area (Å²) < 4.78 is 35.1. The summed E-state index contributed by atoms with van der Waals surface area (Å²) in [5, 5.41) is 19.8. The van der Waals surface area contributed by atoms with Gasteiger partial charge in [-0.15, -0.1) is 0 Å². The van der Waals surface area contributed by atoms with Crippen molar-refractivity contribution in [1.29, 1.82) is 0 Å². The number of nitrogens with zero attached hydrogens (tertiary/aromatic N) is 4. The quantitative estimate of drug-likeness (QED) is 0.0882. The number of aliphatic hydroxyl groups is 2. The Morgan fingerprint density at radius 3 is 2.25 bits per heavy atom. The highest BCUT2D eigenvalue weighted by Gasteiger charge is 2.76. The number of carbonyl (C=O) groups is 4. The fourth-order valence-electron chi connectivity index (χ4n) is 11.0. The van der Waals surface area contributed by atoms with Crippen molar-refractivity contribution in [3.63, 3.8) is 0 Å². The van der Waals surface area contributed by atoms with Crippen LogP contribution in [0.1, 0.15) is 58.0 Å². The van der Waals surface area contributed by atoms with Crippen LogP contribution in [0, 0.1) is 17.8 Å². The van der Waals surface area contributed by atoms with Crippen LogP contribution in [-0.4, -0.2) is 128 Å². The molecule has 5 aromatic rings. The number of morpholine rings is 1. The number of piperazine rings is 1. The van der Waals surface area contributed by atoms with E-state index in [1.165, 1.54) is 7.11 Å². The Balaban J connectivity index is 1.19. The van der Waals surface area contributed by atoms with Crippen molar-refractivity contribution < 1.29 is 57.8 Å². The molecule has 5 aliphatic heterocycles. The van der Waals surface area contributed by atoms with Gasteiger partial charge in [0.05, 0.1) is 43.5 Å². The van der Waals surface area contributed by atoms with Crippen molar-refractivity contribution in [2.24, 2.45) is 5.92 Å². The Bertz CT molecular complexity index is 2850. The molecule has 16 nitrogen and oxygen atoms in total. The van der Waals surface area contributed by atoms with E-state index in [1.807, 2.05) is 83.8 Å². The molecule has 3 amide bonds. The van der Waals surface area contributed by atoms with Gasteiger partial charge in [0, 0.05) is 57.4 Å². The standard InChI is InChI=1S/C55H54N4O12/c1-66-30-31-68-54(65)58-42-21-19-36(12-10-11-27-60)32-41(42)55(53(58)64)46(51(62)57-25-23-56(24-26-57)34-37-20-22-44-45(33-37)70-35-69-44)48-52(63)71-49(39-15-6-3-7-16-39)47(38-13-4-2-5-14-38)59(48)50(55)40-17-8-9-18-43(40)67-29-28-61/h2-9,13-22,32-33,46-50,60-61H,11,23-31,34-35H2,1H3/t46-,47-,48-,49+,50+,55-/m0/s1. The number of para-hydroxylation sites is 1. The van der Waals surface area contributed by atoms with Gasteiger partial charge in [0.25, 0.3) is 0 Å². The number of hydrogen-bond donors (Lipinski definition) is 2. The van der Waals surface area contributed by atoms with E-state index in [4.69, 9.17) is 28.4 Å². The molecule has 0 bridgehead atoms. The first-order chi connectivity index (χ1) is 34.8. The van der Waals surface area contributed by atoms with Crippen LogP contribution < -0.4 is 19.1 Å². The van der Waals surface area contributed by atoms with Crippen molar-refractivity contribution in [3.05, 3.63) is 155 Å². The van der Waals surface area contributed by atoms with Gasteiger partial charge < -0.3 is 43.5 Å². The molecule has 0 unspecified atom stereocenters. The summed E-state index contributed by atoms with van der Waals surface area (Å²) in [6, 6.07) is 33.3. The van der Waals surface area contributed by atoms with Crippen molar-refractivity contribution in [2.75, 3.05) is 78.0 Å². The smallest absolute Gasteiger partial charge is 0.421 e. The molecule has 10 rings (SSSR count). The van der Waals surface area contributed by atoms with E-state index in [1.54, 1.807) is 47.4 Å². The maximum atomic E-state index is 16.6. The van der Waals surface area contributed by atoms with Crippen LogP contribution >= 0.6 is 0 Å². The van der Waals surface area contributed by atoms with Crippen LogP contribution in [0.3, 0.4) is 0 Å². The zero-order valence-electron chi connectivity index (χ0n) is 39.2. The Kier molecular flexibility index (Phi) is 13.8. The molecule has 5 aliphatic rings. The molecule has 5 aromatic carbocycles. The summed E-state index contributed by atoms with van der Waals surface area (Å²) >= 11 is 0. The van der Waals surface area contributed by atoms with Gasteiger partial charge in [0.1, 0.15) is 36.5 Å². The van der Waals surface area contributed by atoms with Gasteiger partial charge in [-0.25, -0.2) is 9.69 Å². The highest BCUT2D eigenvalue weighted by atomic mass is 16.7. The summed E-state index contributed by atoms with van der Waals surface area (Å²) in [6.45, 7) is 1.43. The summed E-state index contributed by atoms with van der Waals surface area (Å²) in [4.78, 5) is 70.0. The number of ether oxygens (including phenoxy) is 6. The minimum absolute atomic E-state index is 0.0480. The fourth-order valence-corrected chi connectivity index (χ4v) is 11.0. The molecule has 3 saturated heterocycles. The monoisotopic (exact) mass is 962 g/mol. The van der Waals surface area contributed by atoms with Gasteiger partial charge in [0.15, 0.2) is 11.5 Å². The number of aliphatic hydroxyl groups excluding tert-OH is 2. The molecule has 0 radical (unpaired) electrons. The number of esters is 1. The second-order valence-corrected chi connectivity index (χ2v) is 17.9. The van der Waals surface area contributed by atoms with Crippen molar-refractivity contribution in [3.8, 4) is 29.1 Å². The molecule has 1 spiro atoms. The number of fused-ring (bicyclic) bond motifs is 4. The van der Waals surface area contributed by atoms with E-state index < -0.39 is 59.4 Å². The second-order valence-electron chi connectivity index (χ2n) is 17.9. The van der Waals surface area contributed by atoms with Gasteiger partial charge in [-0.2, -0.15) is 0 Å².